The number of benzene rings is 1. The molecule has 0 bridgehead atoms. The molecule has 2 aromatic rings. The molecule has 1 saturated heterocycles. The van der Waals surface area contributed by atoms with Gasteiger partial charge in [-0.3, -0.25) is 14.7 Å². The first-order valence-corrected chi connectivity index (χ1v) is 7.98. The minimum atomic E-state index is -0.0197. The van der Waals surface area contributed by atoms with Crippen molar-refractivity contribution >= 4 is 45.9 Å². The lowest BCUT2D eigenvalue weighted by atomic mass is 10.2. The molecule has 19 heavy (non-hydrogen) atoms. The van der Waals surface area contributed by atoms with E-state index < -0.39 is 0 Å². The van der Waals surface area contributed by atoms with E-state index in [1.165, 1.54) is 0 Å². The highest BCUT2D eigenvalue weighted by Crippen LogP contribution is 2.40. The zero-order valence-corrected chi connectivity index (χ0v) is 13.0. The zero-order chi connectivity index (χ0) is 13.2. The van der Waals surface area contributed by atoms with E-state index in [0.717, 1.165) is 15.0 Å². The van der Waals surface area contributed by atoms with Gasteiger partial charge in [0.25, 0.3) is 0 Å². The van der Waals surface area contributed by atoms with Gasteiger partial charge < -0.3 is 0 Å². The fourth-order valence-electron chi connectivity index (χ4n) is 2.05. The maximum atomic E-state index is 12.1. The Morgan fingerprint density at radius 1 is 1.21 bits per heavy atom. The number of anilines is 1. The van der Waals surface area contributed by atoms with E-state index in [1.54, 1.807) is 18.0 Å². The lowest BCUT2D eigenvalue weighted by Gasteiger charge is -2.23. The molecule has 5 heteroatoms. The smallest absolute Gasteiger partial charge is 0.238 e. The molecule has 3 nitrogen and oxygen atoms in total. The van der Waals surface area contributed by atoms with Gasteiger partial charge in [-0.25, -0.2) is 0 Å². The van der Waals surface area contributed by atoms with Gasteiger partial charge in [0.15, 0.2) is 0 Å². The van der Waals surface area contributed by atoms with Crippen LogP contribution < -0.4 is 4.90 Å². The molecule has 1 amide bonds. The van der Waals surface area contributed by atoms with Crippen molar-refractivity contribution in [2.75, 3.05) is 10.7 Å². The summed E-state index contributed by atoms with van der Waals surface area (Å²) >= 11 is 3.88. The number of pyridine rings is 1. The molecule has 2 heterocycles. The van der Waals surface area contributed by atoms with Gasteiger partial charge in [0.05, 0.1) is 11.4 Å². The van der Waals surface area contributed by atoms with Crippen LogP contribution in [0.15, 0.2) is 48.7 Å². The number of rotatable bonds is 2. The number of thioether (sulfide) groups is 1. The number of amides is 1. The van der Waals surface area contributed by atoms with Gasteiger partial charge in [0.1, 0.15) is 5.37 Å². The SMILES string of the molecule is O=C1CS[C@@H](c2ccccn2)N1c1ccc(I)cc1. The first kappa shape index (κ1) is 12.9. The summed E-state index contributed by atoms with van der Waals surface area (Å²) in [4.78, 5) is 18.3. The maximum Gasteiger partial charge on any atom is 0.238 e. The Labute approximate surface area is 129 Å². The third-order valence-electron chi connectivity index (χ3n) is 2.91. The Morgan fingerprint density at radius 2 is 2.00 bits per heavy atom. The number of nitrogens with zero attached hydrogens (tertiary/aromatic N) is 2. The van der Waals surface area contributed by atoms with Crippen LogP contribution in [0.5, 0.6) is 0 Å². The van der Waals surface area contributed by atoms with Crippen LogP contribution in [-0.4, -0.2) is 16.6 Å². The van der Waals surface area contributed by atoms with Gasteiger partial charge in [0, 0.05) is 15.5 Å². The van der Waals surface area contributed by atoms with Crippen LogP contribution >= 0.6 is 34.4 Å². The number of carbonyl (C=O) groups excluding carboxylic acids is 1. The summed E-state index contributed by atoms with van der Waals surface area (Å²) in [6.07, 6.45) is 1.77. The molecule has 0 saturated carbocycles. The number of hydrogen-bond donors (Lipinski definition) is 0. The van der Waals surface area contributed by atoms with E-state index in [9.17, 15) is 4.79 Å². The van der Waals surface area contributed by atoms with E-state index in [1.807, 2.05) is 47.4 Å². The Balaban J connectivity index is 1.97. The molecule has 0 spiro atoms. The number of aromatic nitrogens is 1. The third kappa shape index (κ3) is 2.62. The molecule has 1 aromatic heterocycles. The Hall–Kier alpha value is -1.08. The second-order valence-electron chi connectivity index (χ2n) is 4.16. The Kier molecular flexibility index (Phi) is 3.74. The second-order valence-corrected chi connectivity index (χ2v) is 6.47. The molecule has 1 aliphatic rings. The van der Waals surface area contributed by atoms with Crippen molar-refractivity contribution in [2.24, 2.45) is 0 Å². The van der Waals surface area contributed by atoms with Crippen LogP contribution in [0.4, 0.5) is 5.69 Å². The molecular formula is C14H11IN2OS. The van der Waals surface area contributed by atoms with E-state index in [-0.39, 0.29) is 11.3 Å². The quantitative estimate of drug-likeness (QED) is 0.746. The molecule has 1 atom stereocenters. The van der Waals surface area contributed by atoms with Crippen molar-refractivity contribution in [2.45, 2.75) is 5.37 Å². The van der Waals surface area contributed by atoms with E-state index in [4.69, 9.17) is 0 Å². The fourth-order valence-corrected chi connectivity index (χ4v) is 3.54. The normalized spacial score (nSPS) is 18.9. The number of hydrogen-bond acceptors (Lipinski definition) is 3. The van der Waals surface area contributed by atoms with E-state index >= 15 is 0 Å². The van der Waals surface area contributed by atoms with E-state index in [2.05, 4.69) is 27.6 Å². The van der Waals surface area contributed by atoms with Crippen molar-refractivity contribution < 1.29 is 4.79 Å². The first-order valence-electron chi connectivity index (χ1n) is 5.86. The minimum absolute atomic E-state index is 0.0197. The first-order chi connectivity index (χ1) is 9.25. The largest absolute Gasteiger partial charge is 0.293 e. The lowest BCUT2D eigenvalue weighted by molar-refractivity contribution is -0.115. The molecule has 1 aliphatic heterocycles. The molecule has 0 aliphatic carbocycles. The monoisotopic (exact) mass is 382 g/mol. The van der Waals surface area contributed by atoms with Gasteiger partial charge in [-0.15, -0.1) is 11.8 Å². The summed E-state index contributed by atoms with van der Waals surface area (Å²) in [6, 6.07) is 13.8. The minimum Gasteiger partial charge on any atom is -0.293 e. The predicted molar refractivity (Wildman–Crippen MR) is 86.1 cm³/mol. The van der Waals surface area contributed by atoms with Crippen LogP contribution in [0.25, 0.3) is 0 Å². The van der Waals surface area contributed by atoms with Gasteiger partial charge in [-0.2, -0.15) is 0 Å². The van der Waals surface area contributed by atoms with Gasteiger partial charge >= 0.3 is 0 Å². The maximum absolute atomic E-state index is 12.1. The summed E-state index contributed by atoms with van der Waals surface area (Å²) in [6.45, 7) is 0. The molecule has 96 valence electrons. The predicted octanol–water partition coefficient (Wildman–Crippen LogP) is 3.46. The van der Waals surface area contributed by atoms with Gasteiger partial charge in [0.2, 0.25) is 5.91 Å². The topological polar surface area (TPSA) is 33.2 Å². The molecule has 0 N–H and O–H groups in total. The van der Waals surface area contributed by atoms with Crippen LogP contribution in [-0.2, 0) is 4.79 Å². The summed E-state index contributed by atoms with van der Waals surface area (Å²) in [5.41, 5.74) is 1.86. The van der Waals surface area contributed by atoms with Crippen LogP contribution in [0.2, 0.25) is 0 Å². The summed E-state index contributed by atoms with van der Waals surface area (Å²) in [5, 5.41) is -0.0197. The zero-order valence-electron chi connectivity index (χ0n) is 9.99. The molecular weight excluding hydrogens is 371 g/mol. The van der Waals surface area contributed by atoms with Gasteiger partial charge in [-0.1, -0.05) is 6.07 Å². The highest BCUT2D eigenvalue weighted by molar-refractivity contribution is 14.1. The highest BCUT2D eigenvalue weighted by Gasteiger charge is 2.34. The highest BCUT2D eigenvalue weighted by atomic mass is 127. The fraction of sp³-hybridized carbons (Fsp3) is 0.143. The molecule has 0 radical (unpaired) electrons. The Bertz CT molecular complexity index is 588. The average Bonchev–Trinajstić information content (AvgIpc) is 2.83. The third-order valence-corrected chi connectivity index (χ3v) is 4.81. The standard InChI is InChI=1S/C14H11IN2OS/c15-10-4-6-11(7-5-10)17-13(18)9-19-14(17)12-3-1-2-8-16-12/h1-8,14H,9H2/t14-/m0/s1. The summed E-state index contributed by atoms with van der Waals surface area (Å²) < 4.78 is 1.16. The molecule has 0 unspecified atom stereocenters. The van der Waals surface area contributed by atoms with Gasteiger partial charge in [-0.05, 0) is 59.0 Å². The summed E-state index contributed by atoms with van der Waals surface area (Å²) in [7, 11) is 0. The number of halogens is 1. The van der Waals surface area contributed by atoms with Crippen molar-refractivity contribution in [3.05, 3.63) is 57.9 Å². The van der Waals surface area contributed by atoms with E-state index in [0.29, 0.717) is 5.75 Å². The molecule has 1 aromatic carbocycles. The van der Waals surface area contributed by atoms with Crippen LogP contribution in [0.3, 0.4) is 0 Å². The van der Waals surface area contributed by atoms with Crippen molar-refractivity contribution in [3.63, 3.8) is 0 Å². The lowest BCUT2D eigenvalue weighted by Crippen LogP contribution is -2.28. The Morgan fingerprint density at radius 3 is 2.68 bits per heavy atom. The second kappa shape index (κ2) is 5.50. The van der Waals surface area contributed by atoms with Crippen LogP contribution in [0.1, 0.15) is 11.1 Å². The van der Waals surface area contributed by atoms with Crippen LogP contribution in [0, 0.1) is 3.57 Å². The number of carbonyl (C=O) groups is 1. The average molecular weight is 382 g/mol. The molecule has 3 rings (SSSR count). The summed E-state index contributed by atoms with van der Waals surface area (Å²) in [5.74, 6) is 0.648. The molecule has 1 fully saturated rings. The van der Waals surface area contributed by atoms with Crippen molar-refractivity contribution in [1.29, 1.82) is 0 Å². The van der Waals surface area contributed by atoms with Crippen molar-refractivity contribution in [3.8, 4) is 0 Å². The van der Waals surface area contributed by atoms with Crippen molar-refractivity contribution in [1.82, 2.24) is 4.98 Å².